The van der Waals surface area contributed by atoms with E-state index in [2.05, 4.69) is 18.8 Å². The van der Waals surface area contributed by atoms with Crippen LogP contribution in [0, 0.1) is 13.8 Å². The molecule has 5 N–H and O–H groups in total. The summed E-state index contributed by atoms with van der Waals surface area (Å²) in [6.45, 7) is 5.68. The van der Waals surface area contributed by atoms with Gasteiger partial charge in [-0.1, -0.05) is 11.3 Å². The van der Waals surface area contributed by atoms with Crippen LogP contribution < -0.4 is 22.7 Å². The third-order valence-electron chi connectivity index (χ3n) is 3.69. The van der Waals surface area contributed by atoms with Crippen LogP contribution in [-0.2, 0) is 35.7 Å². The second-order valence-electron chi connectivity index (χ2n) is 6.02. The lowest BCUT2D eigenvalue weighted by molar-refractivity contribution is -0.689. The minimum atomic E-state index is -5.17. The van der Waals surface area contributed by atoms with Gasteiger partial charge in [0.05, 0.1) is 17.0 Å². The average molecular weight is 505 g/mol. The Morgan fingerprint density at radius 1 is 1.30 bits per heavy atom. The zero-order valence-electron chi connectivity index (χ0n) is 16.3. The highest BCUT2D eigenvalue weighted by atomic mass is 35.5. The first kappa shape index (κ1) is 27.1. The highest BCUT2D eigenvalue weighted by molar-refractivity contribution is 7.60. The van der Waals surface area contributed by atoms with Gasteiger partial charge < -0.3 is 37.6 Å². The number of hydrogen-bond donors (Lipinski definition) is 4. The lowest BCUT2D eigenvalue weighted by Crippen LogP contribution is -3.00. The molecule has 0 saturated heterocycles. The standard InChI is InChI=1S/C14H22N4O8P2S.ClH/c1-9-13(4-5-24-11(3)25-28(22,23)26-27(19,20)21)29-8-18(9)7-12-6-16-10(2)17-14(12)15;/h6,8,11H,4-5,7H2,1-3H3,(H4-,15,16,17,19,20,21,22,23);1H. The van der Waals surface area contributed by atoms with Gasteiger partial charge in [-0.25, -0.2) is 19.1 Å². The van der Waals surface area contributed by atoms with Gasteiger partial charge in [0.2, 0.25) is 5.51 Å². The van der Waals surface area contributed by atoms with Crippen LogP contribution in [0.5, 0.6) is 0 Å². The highest BCUT2D eigenvalue weighted by Gasteiger charge is 2.34. The fraction of sp³-hybridized carbons (Fsp3) is 0.500. The largest absolute Gasteiger partial charge is 1.00 e. The summed E-state index contributed by atoms with van der Waals surface area (Å²) >= 11 is 1.51. The molecule has 0 fully saturated rings. The van der Waals surface area contributed by atoms with Gasteiger partial charge >= 0.3 is 15.6 Å². The number of nitrogens with zero attached hydrogens (tertiary/aromatic N) is 3. The van der Waals surface area contributed by atoms with Crippen LogP contribution in [0.1, 0.15) is 28.9 Å². The summed E-state index contributed by atoms with van der Waals surface area (Å²) in [5.74, 6) is 1.03. The van der Waals surface area contributed by atoms with Crippen LogP contribution in [0.2, 0.25) is 0 Å². The molecule has 0 amide bonds. The fourth-order valence-corrected chi connectivity index (χ4v) is 5.00. The molecule has 16 heteroatoms. The van der Waals surface area contributed by atoms with Gasteiger partial charge in [0, 0.05) is 19.5 Å². The second kappa shape index (κ2) is 11.1. The normalized spacial score (nSPS) is 14.7. The van der Waals surface area contributed by atoms with Crippen molar-refractivity contribution in [3.8, 4) is 0 Å². The topological polar surface area (TPSA) is 178 Å². The molecule has 170 valence electrons. The van der Waals surface area contributed by atoms with Gasteiger partial charge in [-0.2, -0.15) is 8.88 Å². The van der Waals surface area contributed by atoms with Crippen molar-refractivity contribution < 1.29 is 54.4 Å². The third kappa shape index (κ3) is 8.64. The number of thiazole rings is 1. The number of halogens is 1. The van der Waals surface area contributed by atoms with Gasteiger partial charge in [-0.05, 0) is 13.8 Å². The summed E-state index contributed by atoms with van der Waals surface area (Å²) in [5.41, 5.74) is 9.65. The van der Waals surface area contributed by atoms with Crippen molar-refractivity contribution in [2.75, 3.05) is 12.3 Å². The summed E-state index contributed by atoms with van der Waals surface area (Å²) in [6, 6.07) is 0. The Bertz CT molecular complexity index is 956. The first-order valence-corrected chi connectivity index (χ1v) is 12.2. The van der Waals surface area contributed by atoms with Crippen molar-refractivity contribution in [3.05, 3.63) is 33.7 Å². The number of phosphoric acid groups is 2. The average Bonchev–Trinajstić information content (AvgIpc) is 2.88. The van der Waals surface area contributed by atoms with Gasteiger partial charge in [-0.3, -0.25) is 4.52 Å². The number of ether oxygens (including phenoxy) is 1. The molecule has 2 atom stereocenters. The lowest BCUT2D eigenvalue weighted by atomic mass is 10.2. The molecule has 2 aromatic rings. The van der Waals surface area contributed by atoms with Crippen LogP contribution in [-0.4, -0.2) is 37.5 Å². The molecule has 0 spiro atoms. The van der Waals surface area contributed by atoms with Crippen molar-refractivity contribution in [2.45, 2.75) is 40.0 Å². The van der Waals surface area contributed by atoms with E-state index in [-0.39, 0.29) is 19.0 Å². The first-order chi connectivity index (χ1) is 13.4. The summed E-state index contributed by atoms with van der Waals surface area (Å²) in [7, 11) is -10.1. The predicted octanol–water partition coefficient (Wildman–Crippen LogP) is -1.79. The Kier molecular flexibility index (Phi) is 9.97. The molecular weight excluding hydrogens is 482 g/mol. The Labute approximate surface area is 183 Å². The number of nitrogens with two attached hydrogens (primary N) is 1. The van der Waals surface area contributed by atoms with Gasteiger partial charge in [0.15, 0.2) is 18.5 Å². The molecule has 2 unspecified atom stereocenters. The number of rotatable bonds is 10. The monoisotopic (exact) mass is 504 g/mol. The van der Waals surface area contributed by atoms with Crippen LogP contribution in [0.3, 0.4) is 0 Å². The molecule has 0 bridgehead atoms. The van der Waals surface area contributed by atoms with E-state index in [0.717, 1.165) is 16.1 Å². The molecular formula is C14H23ClN4O8P2S. The summed E-state index contributed by atoms with van der Waals surface area (Å²) < 4.78 is 37.6. The summed E-state index contributed by atoms with van der Waals surface area (Å²) in [4.78, 5) is 35.8. The number of nitrogen functional groups attached to an aromatic ring is 1. The van der Waals surface area contributed by atoms with Gasteiger partial charge in [0.1, 0.15) is 11.6 Å². The van der Waals surface area contributed by atoms with Crippen molar-refractivity contribution >= 4 is 32.8 Å². The zero-order chi connectivity index (χ0) is 21.8. The number of phosphoric ester groups is 1. The molecule has 2 heterocycles. The zero-order valence-corrected chi connectivity index (χ0v) is 19.7. The highest BCUT2D eigenvalue weighted by Crippen LogP contribution is 2.58. The van der Waals surface area contributed by atoms with E-state index >= 15 is 0 Å². The first-order valence-electron chi connectivity index (χ1n) is 8.30. The molecule has 0 radical (unpaired) electrons. The Morgan fingerprint density at radius 3 is 2.57 bits per heavy atom. The molecule has 0 saturated carbocycles. The number of anilines is 1. The number of aromatic nitrogens is 3. The van der Waals surface area contributed by atoms with Gasteiger partial charge in [-0.15, -0.1) is 0 Å². The molecule has 0 aliphatic rings. The predicted molar refractivity (Wildman–Crippen MR) is 103 cm³/mol. The Balaban J connectivity index is 0.00000450. The smallest absolute Gasteiger partial charge is 0.483 e. The van der Waals surface area contributed by atoms with Crippen LogP contribution in [0.25, 0.3) is 0 Å². The minimum Gasteiger partial charge on any atom is -1.00 e. The SMILES string of the molecule is Cc1ncc(C[n+]2csc(CCOC(C)OP(=O)(O)OP(=O)(O)O)c2C)c(N)n1.[Cl-]. The fourth-order valence-electron chi connectivity index (χ4n) is 2.35. The van der Waals surface area contributed by atoms with E-state index in [1.54, 1.807) is 13.1 Å². The van der Waals surface area contributed by atoms with Crippen molar-refractivity contribution in [1.29, 1.82) is 0 Å². The van der Waals surface area contributed by atoms with Crippen LogP contribution in [0.4, 0.5) is 5.82 Å². The van der Waals surface area contributed by atoms with Crippen LogP contribution in [0.15, 0.2) is 11.7 Å². The number of aryl methyl sites for hydroxylation is 1. The molecule has 2 aromatic heterocycles. The molecule has 0 aliphatic heterocycles. The minimum absolute atomic E-state index is 0. The number of hydrogen-bond acceptors (Lipinski definition) is 9. The van der Waals surface area contributed by atoms with E-state index in [1.165, 1.54) is 18.3 Å². The van der Waals surface area contributed by atoms with Crippen molar-refractivity contribution in [2.24, 2.45) is 0 Å². The summed E-state index contributed by atoms with van der Waals surface area (Å²) in [5, 5.41) is 0. The Hall–Kier alpha value is -0.980. The van der Waals surface area contributed by atoms with E-state index in [9.17, 15) is 14.0 Å². The second-order valence-corrected chi connectivity index (χ2v) is 9.74. The molecule has 30 heavy (non-hydrogen) atoms. The van der Waals surface area contributed by atoms with Crippen molar-refractivity contribution in [3.63, 3.8) is 0 Å². The maximum atomic E-state index is 11.5. The van der Waals surface area contributed by atoms with Crippen molar-refractivity contribution in [1.82, 2.24) is 9.97 Å². The maximum Gasteiger partial charge on any atom is 0.483 e. The summed E-state index contributed by atoms with van der Waals surface area (Å²) in [6.07, 6.45) is 0.970. The van der Waals surface area contributed by atoms with Gasteiger partial charge in [0.25, 0.3) is 0 Å². The van der Waals surface area contributed by atoms with E-state index in [4.69, 9.17) is 20.3 Å². The lowest BCUT2D eigenvalue weighted by Gasteiger charge is -2.17. The van der Waals surface area contributed by atoms with E-state index in [1.807, 2.05) is 17.0 Å². The van der Waals surface area contributed by atoms with E-state index < -0.39 is 21.9 Å². The molecule has 12 nitrogen and oxygen atoms in total. The molecule has 2 rings (SSSR count). The third-order valence-corrected chi connectivity index (χ3v) is 7.07. The maximum absolute atomic E-state index is 11.5. The Morgan fingerprint density at radius 2 is 1.97 bits per heavy atom. The molecule has 0 aromatic carbocycles. The van der Waals surface area contributed by atoms with E-state index in [0.29, 0.717) is 24.6 Å². The quantitative estimate of drug-likeness (QED) is 0.163. The molecule has 0 aliphatic carbocycles. The van der Waals surface area contributed by atoms with Crippen LogP contribution >= 0.6 is 27.0 Å².